The van der Waals surface area contributed by atoms with E-state index >= 15 is 0 Å². The normalized spacial score (nSPS) is 22.9. The second kappa shape index (κ2) is 9.56. The SMILES string of the molecule is COC(C)(C)CCOC(=O)NC12CC(N(Cc3cccc(C(F)(F)F)c3)C(=O)CNC(N)=O)(C1)C2. The maximum Gasteiger partial charge on any atom is 0.416 e. The molecule has 0 aliphatic heterocycles. The maximum absolute atomic E-state index is 13.1. The highest BCUT2D eigenvalue weighted by molar-refractivity contribution is 5.84. The van der Waals surface area contributed by atoms with Crippen LogP contribution in [0.2, 0.25) is 0 Å². The molecule has 0 heterocycles. The number of methoxy groups -OCH3 is 1. The van der Waals surface area contributed by atoms with E-state index in [2.05, 4.69) is 10.6 Å². The lowest BCUT2D eigenvalue weighted by Crippen LogP contribution is -2.84. The van der Waals surface area contributed by atoms with Gasteiger partial charge in [-0.3, -0.25) is 4.79 Å². The predicted molar refractivity (Wildman–Crippen MR) is 119 cm³/mol. The van der Waals surface area contributed by atoms with E-state index in [0.717, 1.165) is 12.1 Å². The number of nitrogens with one attached hydrogen (secondary N) is 2. The van der Waals surface area contributed by atoms with Crippen molar-refractivity contribution in [3.8, 4) is 0 Å². The van der Waals surface area contributed by atoms with Gasteiger partial charge in [0.05, 0.1) is 35.4 Å². The van der Waals surface area contributed by atoms with Crippen molar-refractivity contribution in [2.45, 2.75) is 68.9 Å². The molecule has 3 aliphatic rings. The van der Waals surface area contributed by atoms with Gasteiger partial charge in [0.1, 0.15) is 0 Å². The van der Waals surface area contributed by atoms with E-state index in [4.69, 9.17) is 15.2 Å². The zero-order valence-electron chi connectivity index (χ0n) is 20.0. The number of hydrogen-bond acceptors (Lipinski definition) is 5. The molecule has 0 radical (unpaired) electrons. The Labute approximate surface area is 201 Å². The van der Waals surface area contributed by atoms with Crippen molar-refractivity contribution < 1.29 is 37.0 Å². The second-order valence-electron chi connectivity index (χ2n) is 9.91. The fraction of sp³-hybridized carbons (Fsp3) is 0.609. The molecule has 12 heteroatoms. The van der Waals surface area contributed by atoms with Crippen LogP contribution in [0.15, 0.2) is 24.3 Å². The van der Waals surface area contributed by atoms with Gasteiger partial charge >= 0.3 is 18.3 Å². The molecule has 3 aliphatic carbocycles. The largest absolute Gasteiger partial charge is 0.449 e. The van der Waals surface area contributed by atoms with Crippen molar-refractivity contribution in [1.82, 2.24) is 15.5 Å². The molecule has 3 fully saturated rings. The molecule has 2 bridgehead atoms. The van der Waals surface area contributed by atoms with Crippen molar-refractivity contribution in [3.63, 3.8) is 0 Å². The van der Waals surface area contributed by atoms with Crippen molar-refractivity contribution in [3.05, 3.63) is 35.4 Å². The van der Waals surface area contributed by atoms with Gasteiger partial charge in [-0.25, -0.2) is 9.59 Å². The number of rotatable bonds is 10. The fourth-order valence-corrected chi connectivity index (χ4v) is 4.70. The molecule has 0 unspecified atom stereocenters. The average molecular weight is 501 g/mol. The zero-order valence-corrected chi connectivity index (χ0v) is 20.0. The van der Waals surface area contributed by atoms with Crippen molar-refractivity contribution in [2.75, 3.05) is 20.3 Å². The molecule has 1 aromatic carbocycles. The Hall–Kier alpha value is -3.02. The van der Waals surface area contributed by atoms with Gasteiger partial charge in [-0.05, 0) is 50.8 Å². The molecular formula is C23H31F3N4O5. The third-order valence-electron chi connectivity index (χ3n) is 6.74. The highest BCUT2D eigenvalue weighted by Gasteiger charge is 2.72. The summed E-state index contributed by atoms with van der Waals surface area (Å²) in [5, 5.41) is 5.08. The summed E-state index contributed by atoms with van der Waals surface area (Å²) < 4.78 is 49.9. The van der Waals surface area contributed by atoms with Crippen LogP contribution in [0.4, 0.5) is 22.8 Å². The standard InChI is InChI=1S/C23H31F3N4O5/c1-20(2,34-3)7-8-35-19(33)29-21-12-22(13-21,14-21)30(17(31)10-28-18(27)32)11-15-5-4-6-16(9-15)23(24,25)26/h4-6,9H,7-8,10-14H2,1-3H3,(H,29,33)(H3,27,28,32). The van der Waals surface area contributed by atoms with Crippen LogP contribution in [0.5, 0.6) is 0 Å². The van der Waals surface area contributed by atoms with E-state index in [1.165, 1.54) is 17.0 Å². The Bertz CT molecular complexity index is 962. The van der Waals surface area contributed by atoms with Crippen LogP contribution in [0.25, 0.3) is 0 Å². The van der Waals surface area contributed by atoms with E-state index in [1.54, 1.807) is 7.11 Å². The smallest absolute Gasteiger partial charge is 0.416 e. The summed E-state index contributed by atoms with van der Waals surface area (Å²) in [4.78, 5) is 37.7. The molecule has 4 rings (SSSR count). The van der Waals surface area contributed by atoms with Gasteiger partial charge in [-0.1, -0.05) is 12.1 Å². The Morgan fingerprint density at radius 1 is 1.17 bits per heavy atom. The molecule has 9 nitrogen and oxygen atoms in total. The van der Waals surface area contributed by atoms with Crippen molar-refractivity contribution in [2.24, 2.45) is 5.73 Å². The molecular weight excluding hydrogens is 469 g/mol. The lowest BCUT2D eigenvalue weighted by Gasteiger charge is -2.73. The number of hydrogen-bond donors (Lipinski definition) is 3. The molecule has 3 saturated carbocycles. The first-order valence-corrected chi connectivity index (χ1v) is 11.2. The number of benzene rings is 1. The van der Waals surface area contributed by atoms with Gasteiger partial charge in [-0.15, -0.1) is 0 Å². The number of urea groups is 1. The molecule has 35 heavy (non-hydrogen) atoms. The summed E-state index contributed by atoms with van der Waals surface area (Å²) in [6.45, 7) is 3.47. The van der Waals surface area contributed by atoms with E-state index in [9.17, 15) is 27.6 Å². The van der Waals surface area contributed by atoms with Gasteiger partial charge in [0, 0.05) is 20.1 Å². The number of halogens is 3. The van der Waals surface area contributed by atoms with E-state index < -0.39 is 46.5 Å². The van der Waals surface area contributed by atoms with Gasteiger partial charge in [0.2, 0.25) is 5.91 Å². The van der Waals surface area contributed by atoms with Crippen LogP contribution >= 0.6 is 0 Å². The molecule has 0 saturated heterocycles. The first-order valence-electron chi connectivity index (χ1n) is 11.2. The molecule has 0 atom stereocenters. The Morgan fingerprint density at radius 3 is 2.40 bits per heavy atom. The number of carbonyl (C=O) groups is 3. The minimum atomic E-state index is -4.51. The van der Waals surface area contributed by atoms with Crippen molar-refractivity contribution >= 4 is 18.0 Å². The lowest BCUT2D eigenvalue weighted by molar-refractivity contribution is -0.189. The van der Waals surface area contributed by atoms with Crippen molar-refractivity contribution in [1.29, 1.82) is 0 Å². The van der Waals surface area contributed by atoms with Crippen LogP contribution in [-0.4, -0.2) is 59.9 Å². The number of amides is 4. The van der Waals surface area contributed by atoms with Crippen LogP contribution in [0.3, 0.4) is 0 Å². The first-order chi connectivity index (χ1) is 16.2. The minimum absolute atomic E-state index is 0.0736. The molecule has 4 N–H and O–H groups in total. The highest BCUT2D eigenvalue weighted by atomic mass is 19.4. The summed E-state index contributed by atoms with van der Waals surface area (Å²) in [5.74, 6) is -0.473. The number of alkyl carbamates (subject to hydrolysis) is 1. The highest BCUT2D eigenvalue weighted by Crippen LogP contribution is 2.64. The molecule has 4 amide bonds. The third kappa shape index (κ3) is 6.16. The van der Waals surface area contributed by atoms with Crippen LogP contribution in [-0.2, 0) is 27.0 Å². The Morgan fingerprint density at radius 2 is 1.83 bits per heavy atom. The van der Waals surface area contributed by atoms with Crippen LogP contribution < -0.4 is 16.4 Å². The second-order valence-corrected chi connectivity index (χ2v) is 9.91. The summed E-state index contributed by atoms with van der Waals surface area (Å²) in [7, 11) is 1.58. The fourth-order valence-electron chi connectivity index (χ4n) is 4.70. The summed E-state index contributed by atoms with van der Waals surface area (Å²) >= 11 is 0. The third-order valence-corrected chi connectivity index (χ3v) is 6.74. The van der Waals surface area contributed by atoms with Crippen LogP contribution in [0.1, 0.15) is 50.7 Å². The van der Waals surface area contributed by atoms with Gasteiger partial charge < -0.3 is 30.7 Å². The minimum Gasteiger partial charge on any atom is -0.449 e. The Kier molecular flexibility index (Phi) is 7.26. The predicted octanol–water partition coefficient (Wildman–Crippen LogP) is 2.92. The molecule has 0 spiro atoms. The van der Waals surface area contributed by atoms with Crippen LogP contribution in [0, 0.1) is 0 Å². The Balaban J connectivity index is 1.64. The van der Waals surface area contributed by atoms with Gasteiger partial charge in [-0.2, -0.15) is 13.2 Å². The summed E-state index contributed by atoms with van der Waals surface area (Å²) in [5.41, 5.74) is 2.97. The quantitative estimate of drug-likeness (QED) is 0.456. The summed E-state index contributed by atoms with van der Waals surface area (Å²) in [6, 6.07) is 3.88. The lowest BCUT2D eigenvalue weighted by atomic mass is 9.43. The topological polar surface area (TPSA) is 123 Å². The molecule has 0 aromatic heterocycles. The number of ether oxygens (including phenoxy) is 2. The number of carbonyl (C=O) groups excluding carboxylic acids is 3. The van der Waals surface area contributed by atoms with Gasteiger partial charge in [0.25, 0.3) is 0 Å². The summed E-state index contributed by atoms with van der Waals surface area (Å²) in [6.07, 6.45) is -3.28. The number of alkyl halides is 3. The maximum atomic E-state index is 13.1. The molecule has 1 aromatic rings. The van der Waals surface area contributed by atoms with Gasteiger partial charge in [0.15, 0.2) is 0 Å². The zero-order chi connectivity index (χ0) is 26.1. The van der Waals surface area contributed by atoms with E-state index in [-0.39, 0.29) is 19.7 Å². The number of nitrogens with zero attached hydrogens (tertiary/aromatic N) is 1. The monoisotopic (exact) mass is 500 g/mol. The van der Waals surface area contributed by atoms with E-state index in [0.29, 0.717) is 31.2 Å². The average Bonchev–Trinajstić information content (AvgIpc) is 2.71. The molecule has 194 valence electrons. The number of primary amides is 1. The first kappa shape index (κ1) is 26.6. The number of nitrogens with two attached hydrogens (primary N) is 1. The van der Waals surface area contributed by atoms with E-state index in [1.807, 2.05) is 13.8 Å².